The van der Waals surface area contributed by atoms with Crippen molar-refractivity contribution in [3.8, 4) is 0 Å². The number of nitrogens with two attached hydrogens (primary N) is 1. The van der Waals surface area contributed by atoms with Crippen molar-refractivity contribution in [1.82, 2.24) is 0 Å². The molecule has 1 unspecified atom stereocenters. The van der Waals surface area contributed by atoms with Crippen LogP contribution in [0.2, 0.25) is 0 Å². The highest BCUT2D eigenvalue weighted by Gasteiger charge is 2.25. The van der Waals surface area contributed by atoms with Crippen molar-refractivity contribution in [1.29, 1.82) is 0 Å². The fourth-order valence-corrected chi connectivity index (χ4v) is 5.21. The first kappa shape index (κ1) is 16.7. The van der Waals surface area contributed by atoms with Gasteiger partial charge in [0.15, 0.2) is 5.78 Å². The molecule has 1 atom stereocenters. The van der Waals surface area contributed by atoms with E-state index in [-0.39, 0.29) is 5.78 Å². The lowest BCUT2D eigenvalue weighted by molar-refractivity contribution is 0.0992. The lowest BCUT2D eigenvalue weighted by atomic mass is 9.98. The smallest absolute Gasteiger partial charge is 0.174 e. The normalized spacial score (nSPS) is 19.6. The van der Waals surface area contributed by atoms with Crippen molar-refractivity contribution in [2.75, 3.05) is 30.0 Å². The second-order valence-electron chi connectivity index (χ2n) is 5.65. The van der Waals surface area contributed by atoms with Gasteiger partial charge < -0.3 is 10.6 Å². The van der Waals surface area contributed by atoms with Crippen molar-refractivity contribution in [3.63, 3.8) is 0 Å². The summed E-state index contributed by atoms with van der Waals surface area (Å²) in [4.78, 5) is 16.4. The quantitative estimate of drug-likeness (QED) is 0.631. The summed E-state index contributed by atoms with van der Waals surface area (Å²) in [7, 11) is 0. The highest BCUT2D eigenvalue weighted by atomic mass is 32.2. The average Bonchev–Trinajstić information content (AvgIpc) is 2.68. The van der Waals surface area contributed by atoms with E-state index in [0.717, 1.165) is 28.8 Å². The molecular formula is C16H26N2OS2. The monoisotopic (exact) mass is 326 g/mol. The highest BCUT2D eigenvalue weighted by Crippen LogP contribution is 2.45. The van der Waals surface area contributed by atoms with Crippen molar-refractivity contribution in [3.05, 3.63) is 4.88 Å². The Bertz CT molecular complexity index is 499. The van der Waals surface area contributed by atoms with Gasteiger partial charge in [0.25, 0.3) is 0 Å². The van der Waals surface area contributed by atoms with E-state index >= 15 is 0 Å². The topological polar surface area (TPSA) is 46.3 Å². The predicted molar refractivity (Wildman–Crippen MR) is 95.0 cm³/mol. The Labute approximate surface area is 136 Å². The lowest BCUT2D eigenvalue weighted by Crippen LogP contribution is -2.23. The Morgan fingerprint density at radius 1 is 1.38 bits per heavy atom. The first-order chi connectivity index (χ1) is 10.1. The molecule has 1 saturated heterocycles. The molecule has 5 heteroatoms. The molecule has 0 saturated carbocycles. The Morgan fingerprint density at radius 3 is 2.76 bits per heavy atom. The van der Waals surface area contributed by atoms with Gasteiger partial charge in [-0.1, -0.05) is 20.3 Å². The average molecular weight is 327 g/mol. The third-order valence-electron chi connectivity index (χ3n) is 4.37. The molecule has 0 spiro atoms. The van der Waals surface area contributed by atoms with E-state index in [1.54, 1.807) is 23.1 Å². The number of rotatable bonds is 5. The number of hydrogen-bond donors (Lipinski definition) is 1. The maximum absolute atomic E-state index is 12.1. The summed E-state index contributed by atoms with van der Waals surface area (Å²) >= 11 is 3.27. The molecule has 1 aromatic heterocycles. The van der Waals surface area contributed by atoms with E-state index in [4.69, 9.17) is 5.73 Å². The predicted octanol–water partition coefficient (Wildman–Crippen LogP) is 4.66. The van der Waals surface area contributed by atoms with Crippen molar-refractivity contribution < 1.29 is 4.79 Å². The zero-order chi connectivity index (χ0) is 15.4. The van der Waals surface area contributed by atoms with E-state index in [0.29, 0.717) is 12.1 Å². The van der Waals surface area contributed by atoms with Crippen LogP contribution in [0.25, 0.3) is 0 Å². The number of nitrogens with zero attached hydrogens (tertiary/aromatic N) is 1. The molecular weight excluding hydrogens is 300 g/mol. The third-order valence-corrected chi connectivity index (χ3v) is 6.63. The maximum Gasteiger partial charge on any atom is 0.174 e. The third kappa shape index (κ3) is 3.57. The van der Waals surface area contributed by atoms with Gasteiger partial charge in [-0.05, 0) is 31.4 Å². The maximum atomic E-state index is 12.1. The molecule has 2 heterocycles. The Kier molecular flexibility index (Phi) is 5.99. The summed E-state index contributed by atoms with van der Waals surface area (Å²) in [5.41, 5.74) is 6.93. The van der Waals surface area contributed by atoms with Crippen LogP contribution >= 0.6 is 23.1 Å². The first-order valence-electron chi connectivity index (χ1n) is 7.86. The lowest BCUT2D eigenvalue weighted by Gasteiger charge is -2.22. The number of carbonyl (C=O) groups is 1. The van der Waals surface area contributed by atoms with Crippen LogP contribution in [0.4, 0.5) is 10.7 Å². The molecule has 0 bridgehead atoms. The molecule has 1 aromatic rings. The number of hydrogen-bond acceptors (Lipinski definition) is 5. The SMILES string of the molecule is CCC(=O)c1sc(N2CCCC(CC)CC2)c(SC)c1N. The summed E-state index contributed by atoms with van der Waals surface area (Å²) in [5.74, 6) is 1.02. The van der Waals surface area contributed by atoms with Crippen molar-refractivity contribution in [2.45, 2.75) is 50.8 Å². The molecule has 0 amide bonds. The van der Waals surface area contributed by atoms with Gasteiger partial charge in [-0.2, -0.15) is 0 Å². The van der Waals surface area contributed by atoms with Crippen LogP contribution in [0.3, 0.4) is 0 Å². The molecule has 118 valence electrons. The number of anilines is 2. The number of Topliss-reactive ketones (excluding diaryl/α,β-unsaturated/α-hetero) is 1. The first-order valence-corrected chi connectivity index (χ1v) is 9.90. The molecule has 0 aliphatic carbocycles. The summed E-state index contributed by atoms with van der Waals surface area (Å²) in [6.45, 7) is 6.36. The van der Waals surface area contributed by atoms with Crippen LogP contribution in [0.5, 0.6) is 0 Å². The Hall–Kier alpha value is -0.680. The number of thioether (sulfide) groups is 1. The molecule has 1 aliphatic heterocycles. The van der Waals surface area contributed by atoms with Crippen LogP contribution < -0.4 is 10.6 Å². The molecule has 0 aromatic carbocycles. The van der Waals surface area contributed by atoms with Gasteiger partial charge in [-0.3, -0.25) is 4.79 Å². The number of carbonyl (C=O) groups excluding carboxylic acids is 1. The number of nitrogen functional groups attached to an aromatic ring is 1. The van der Waals surface area contributed by atoms with E-state index in [1.165, 1.54) is 30.7 Å². The molecule has 1 fully saturated rings. The van der Waals surface area contributed by atoms with Gasteiger partial charge in [0.1, 0.15) is 5.00 Å². The van der Waals surface area contributed by atoms with Gasteiger partial charge in [0.05, 0.1) is 15.5 Å². The molecule has 2 N–H and O–H groups in total. The second-order valence-corrected chi connectivity index (χ2v) is 7.47. The van der Waals surface area contributed by atoms with Crippen molar-refractivity contribution in [2.24, 2.45) is 5.92 Å². The van der Waals surface area contributed by atoms with E-state index in [1.807, 2.05) is 6.92 Å². The zero-order valence-corrected chi connectivity index (χ0v) is 14.9. The van der Waals surface area contributed by atoms with Crippen LogP contribution in [0, 0.1) is 5.92 Å². The molecule has 21 heavy (non-hydrogen) atoms. The van der Waals surface area contributed by atoms with Gasteiger partial charge in [0, 0.05) is 19.5 Å². The minimum absolute atomic E-state index is 0.167. The standard InChI is InChI=1S/C16H26N2OS2/c1-4-11-7-6-9-18(10-8-11)16-15(20-3)13(17)14(21-16)12(19)5-2/h11H,4-10,17H2,1-3H3. The van der Waals surface area contributed by atoms with E-state index in [2.05, 4.69) is 18.1 Å². The van der Waals surface area contributed by atoms with Crippen LogP contribution in [0.1, 0.15) is 55.6 Å². The minimum Gasteiger partial charge on any atom is -0.396 e. The zero-order valence-electron chi connectivity index (χ0n) is 13.3. The molecule has 3 nitrogen and oxygen atoms in total. The van der Waals surface area contributed by atoms with Crippen LogP contribution in [-0.4, -0.2) is 25.1 Å². The summed E-state index contributed by atoms with van der Waals surface area (Å²) in [5, 5.41) is 1.22. The molecule has 1 aliphatic rings. The fraction of sp³-hybridized carbons (Fsp3) is 0.688. The van der Waals surface area contributed by atoms with Crippen molar-refractivity contribution >= 4 is 39.6 Å². The number of thiophene rings is 1. The van der Waals surface area contributed by atoms with Gasteiger partial charge in [0.2, 0.25) is 0 Å². The van der Waals surface area contributed by atoms with Crippen LogP contribution in [0.15, 0.2) is 4.90 Å². The summed E-state index contributed by atoms with van der Waals surface area (Å²) < 4.78 is 0. The van der Waals surface area contributed by atoms with Gasteiger partial charge >= 0.3 is 0 Å². The summed E-state index contributed by atoms with van der Waals surface area (Å²) in [6, 6.07) is 0. The Morgan fingerprint density at radius 2 is 2.14 bits per heavy atom. The van der Waals surface area contributed by atoms with E-state index < -0.39 is 0 Å². The van der Waals surface area contributed by atoms with Gasteiger partial charge in [-0.25, -0.2) is 0 Å². The fourth-order valence-electron chi connectivity index (χ4n) is 2.97. The molecule has 2 rings (SSSR count). The van der Waals surface area contributed by atoms with Crippen LogP contribution in [-0.2, 0) is 0 Å². The second kappa shape index (κ2) is 7.54. The minimum atomic E-state index is 0.167. The molecule has 0 radical (unpaired) electrons. The largest absolute Gasteiger partial charge is 0.396 e. The Balaban J connectivity index is 2.28. The number of ketones is 1. The highest BCUT2D eigenvalue weighted by molar-refractivity contribution is 7.99. The van der Waals surface area contributed by atoms with E-state index in [9.17, 15) is 4.79 Å². The van der Waals surface area contributed by atoms with Gasteiger partial charge in [-0.15, -0.1) is 23.1 Å². The summed E-state index contributed by atoms with van der Waals surface area (Å²) in [6.07, 6.45) is 7.66.